The molecule has 5 nitrogen and oxygen atoms in total. The quantitative estimate of drug-likeness (QED) is 0.791. The number of nitrogens with zero attached hydrogens (tertiary/aromatic N) is 3. The summed E-state index contributed by atoms with van der Waals surface area (Å²) in [6.45, 7) is 4.98. The average molecular weight is 236 g/mol. The standard InChI is InChI=1S/C13H8N4O/c1-8(2)13(18)17-12-10(6-15)3-9(5-14)4-11(12)7-16/h3-4H,1H2,2H3,(H,17,18). The molecular weight excluding hydrogens is 228 g/mol. The topological polar surface area (TPSA) is 100 Å². The van der Waals surface area contributed by atoms with Gasteiger partial charge in [0.05, 0.1) is 28.4 Å². The lowest BCUT2D eigenvalue weighted by Gasteiger charge is -2.09. The number of nitriles is 3. The van der Waals surface area contributed by atoms with Gasteiger partial charge in [-0.15, -0.1) is 0 Å². The molecule has 0 aliphatic heterocycles. The number of benzene rings is 1. The molecule has 0 fully saturated rings. The Morgan fingerprint density at radius 3 is 2.00 bits per heavy atom. The third-order valence-electron chi connectivity index (χ3n) is 2.13. The van der Waals surface area contributed by atoms with Crippen LogP contribution in [0.25, 0.3) is 0 Å². The van der Waals surface area contributed by atoms with Crippen molar-refractivity contribution in [1.29, 1.82) is 15.8 Å². The lowest BCUT2D eigenvalue weighted by Crippen LogP contribution is -2.14. The van der Waals surface area contributed by atoms with Crippen LogP contribution in [0.3, 0.4) is 0 Å². The predicted octanol–water partition coefficient (Wildman–Crippen LogP) is 1.82. The highest BCUT2D eigenvalue weighted by molar-refractivity contribution is 6.04. The molecule has 0 aliphatic rings. The van der Waals surface area contributed by atoms with E-state index in [0.717, 1.165) is 0 Å². The molecule has 86 valence electrons. The maximum absolute atomic E-state index is 11.5. The maximum atomic E-state index is 11.5. The predicted molar refractivity (Wildman–Crippen MR) is 64.0 cm³/mol. The first-order valence-corrected chi connectivity index (χ1v) is 4.88. The van der Waals surface area contributed by atoms with Gasteiger partial charge in [-0.1, -0.05) is 6.58 Å². The first kappa shape index (κ1) is 13.0. The summed E-state index contributed by atoms with van der Waals surface area (Å²) in [5.74, 6) is -0.479. The van der Waals surface area contributed by atoms with Crippen LogP contribution >= 0.6 is 0 Å². The zero-order valence-electron chi connectivity index (χ0n) is 9.61. The second-order valence-electron chi connectivity index (χ2n) is 3.52. The highest BCUT2D eigenvalue weighted by atomic mass is 16.1. The van der Waals surface area contributed by atoms with E-state index < -0.39 is 5.91 Å². The minimum Gasteiger partial charge on any atom is -0.320 e. The van der Waals surface area contributed by atoms with Crippen molar-refractivity contribution in [2.75, 3.05) is 5.32 Å². The van der Waals surface area contributed by atoms with E-state index in [1.165, 1.54) is 19.1 Å². The summed E-state index contributed by atoms with van der Waals surface area (Å²) in [5.41, 5.74) is 0.691. The van der Waals surface area contributed by atoms with Gasteiger partial charge in [-0.25, -0.2) is 0 Å². The van der Waals surface area contributed by atoms with Gasteiger partial charge in [0.25, 0.3) is 5.91 Å². The summed E-state index contributed by atoms with van der Waals surface area (Å²) in [6, 6.07) is 8.16. The molecule has 1 aromatic carbocycles. The van der Waals surface area contributed by atoms with Gasteiger partial charge in [0.15, 0.2) is 0 Å². The Bertz CT molecular complexity index is 618. The van der Waals surface area contributed by atoms with Gasteiger partial charge < -0.3 is 5.32 Å². The van der Waals surface area contributed by atoms with Crippen LogP contribution in [-0.2, 0) is 4.79 Å². The van der Waals surface area contributed by atoms with Crippen molar-refractivity contribution in [3.8, 4) is 18.2 Å². The Morgan fingerprint density at radius 1 is 1.17 bits per heavy atom. The molecule has 0 heterocycles. The Balaban J connectivity index is 3.40. The molecule has 0 bridgehead atoms. The molecule has 5 heteroatoms. The second kappa shape index (κ2) is 5.30. The SMILES string of the molecule is C=C(C)C(=O)Nc1c(C#N)cc(C#N)cc1C#N. The van der Waals surface area contributed by atoms with Crippen LogP contribution in [0.4, 0.5) is 5.69 Å². The largest absolute Gasteiger partial charge is 0.320 e. The summed E-state index contributed by atoms with van der Waals surface area (Å²) in [4.78, 5) is 11.5. The maximum Gasteiger partial charge on any atom is 0.250 e. The minimum absolute atomic E-state index is 0.0696. The van der Waals surface area contributed by atoms with Crippen molar-refractivity contribution in [3.63, 3.8) is 0 Å². The molecule has 0 aliphatic carbocycles. The fourth-order valence-electron chi connectivity index (χ4n) is 1.24. The number of carbonyl (C=O) groups excluding carboxylic acids is 1. The number of carbonyl (C=O) groups is 1. The Kier molecular flexibility index (Phi) is 3.81. The van der Waals surface area contributed by atoms with E-state index in [2.05, 4.69) is 11.9 Å². The van der Waals surface area contributed by atoms with Crippen molar-refractivity contribution in [2.24, 2.45) is 0 Å². The van der Waals surface area contributed by atoms with Crippen LogP contribution in [0, 0.1) is 34.0 Å². The third-order valence-corrected chi connectivity index (χ3v) is 2.13. The average Bonchev–Trinajstić information content (AvgIpc) is 2.38. The van der Waals surface area contributed by atoms with Crippen LogP contribution in [0.5, 0.6) is 0 Å². The van der Waals surface area contributed by atoms with Gasteiger partial charge in [-0.2, -0.15) is 15.8 Å². The van der Waals surface area contributed by atoms with E-state index in [1.54, 1.807) is 0 Å². The molecule has 1 N–H and O–H groups in total. The molecule has 1 rings (SSSR count). The fourth-order valence-corrected chi connectivity index (χ4v) is 1.24. The molecule has 1 aromatic rings. The molecule has 18 heavy (non-hydrogen) atoms. The Morgan fingerprint density at radius 2 is 1.67 bits per heavy atom. The number of amides is 1. The summed E-state index contributed by atoms with van der Waals surface area (Å²) in [5, 5.41) is 29.1. The minimum atomic E-state index is -0.479. The van der Waals surface area contributed by atoms with Crippen molar-refractivity contribution in [1.82, 2.24) is 0 Å². The number of rotatable bonds is 2. The Hall–Kier alpha value is -3.10. The third kappa shape index (κ3) is 2.52. The molecule has 1 amide bonds. The van der Waals surface area contributed by atoms with Crippen LogP contribution < -0.4 is 5.32 Å². The van der Waals surface area contributed by atoms with E-state index in [4.69, 9.17) is 15.8 Å². The lowest BCUT2D eigenvalue weighted by molar-refractivity contribution is -0.112. The first-order chi connectivity index (χ1) is 8.53. The van der Waals surface area contributed by atoms with Crippen molar-refractivity contribution in [2.45, 2.75) is 6.92 Å². The number of hydrogen-bond donors (Lipinski definition) is 1. The van der Waals surface area contributed by atoms with E-state index >= 15 is 0 Å². The highest BCUT2D eigenvalue weighted by Gasteiger charge is 2.14. The van der Waals surface area contributed by atoms with Crippen molar-refractivity contribution < 1.29 is 4.79 Å². The second-order valence-corrected chi connectivity index (χ2v) is 3.52. The fraction of sp³-hybridized carbons (Fsp3) is 0.0769. The lowest BCUT2D eigenvalue weighted by atomic mass is 10.0. The summed E-state index contributed by atoms with van der Waals surface area (Å²) < 4.78 is 0. The molecule has 0 saturated carbocycles. The molecule has 0 saturated heterocycles. The molecule has 0 radical (unpaired) electrons. The van der Waals surface area contributed by atoms with Gasteiger partial charge in [0.1, 0.15) is 12.1 Å². The van der Waals surface area contributed by atoms with E-state index in [9.17, 15) is 4.79 Å². The zero-order chi connectivity index (χ0) is 13.7. The van der Waals surface area contributed by atoms with Crippen molar-refractivity contribution in [3.05, 3.63) is 41.0 Å². The van der Waals surface area contributed by atoms with Crippen LogP contribution in [0.2, 0.25) is 0 Å². The summed E-state index contributed by atoms with van der Waals surface area (Å²) in [7, 11) is 0. The van der Waals surface area contributed by atoms with E-state index in [-0.39, 0.29) is 28.0 Å². The normalized spacial score (nSPS) is 8.56. The van der Waals surface area contributed by atoms with Crippen LogP contribution in [-0.4, -0.2) is 5.91 Å². The number of nitrogens with one attached hydrogen (secondary N) is 1. The van der Waals surface area contributed by atoms with Crippen LogP contribution in [0.1, 0.15) is 23.6 Å². The number of hydrogen-bond acceptors (Lipinski definition) is 4. The molecule has 0 aromatic heterocycles. The highest BCUT2D eigenvalue weighted by Crippen LogP contribution is 2.22. The molecule has 0 spiro atoms. The van der Waals surface area contributed by atoms with Crippen LogP contribution in [0.15, 0.2) is 24.3 Å². The van der Waals surface area contributed by atoms with Gasteiger partial charge >= 0.3 is 0 Å². The van der Waals surface area contributed by atoms with Gasteiger partial charge in [0.2, 0.25) is 0 Å². The van der Waals surface area contributed by atoms with Crippen molar-refractivity contribution >= 4 is 11.6 Å². The van der Waals surface area contributed by atoms with Gasteiger partial charge in [-0.3, -0.25) is 4.79 Å². The molecular formula is C13H8N4O. The smallest absolute Gasteiger partial charge is 0.250 e. The Labute approximate surface area is 104 Å². The summed E-state index contributed by atoms with van der Waals surface area (Å²) in [6.07, 6.45) is 0. The molecule has 0 atom stereocenters. The van der Waals surface area contributed by atoms with Gasteiger partial charge in [-0.05, 0) is 19.1 Å². The number of anilines is 1. The zero-order valence-corrected chi connectivity index (χ0v) is 9.61. The van der Waals surface area contributed by atoms with E-state index in [0.29, 0.717) is 0 Å². The first-order valence-electron chi connectivity index (χ1n) is 4.88. The monoisotopic (exact) mass is 236 g/mol. The molecule has 0 unspecified atom stereocenters. The van der Waals surface area contributed by atoms with Gasteiger partial charge in [0, 0.05) is 5.57 Å². The summed E-state index contributed by atoms with van der Waals surface area (Å²) >= 11 is 0. The van der Waals surface area contributed by atoms with E-state index in [1.807, 2.05) is 18.2 Å².